The largest absolute Gasteiger partial charge is 1.00 e. The summed E-state index contributed by atoms with van der Waals surface area (Å²) >= 11 is 6.42. The summed E-state index contributed by atoms with van der Waals surface area (Å²) < 4.78 is 21.5. The summed E-state index contributed by atoms with van der Waals surface area (Å²) in [6.07, 6.45) is 2.28. The third-order valence-corrected chi connectivity index (χ3v) is 9.88. The fourth-order valence-corrected chi connectivity index (χ4v) is 6.07. The molecule has 1 heterocycles. The molecule has 0 aromatic heterocycles. The van der Waals surface area contributed by atoms with Gasteiger partial charge in [0.1, 0.15) is 0 Å². The molecule has 0 unspecified atom stereocenters. The topological polar surface area (TPSA) is 355 Å². The smallest absolute Gasteiger partial charge is 1.00 e. The van der Waals surface area contributed by atoms with Crippen LogP contribution in [0.1, 0.15) is 56.4 Å². The van der Waals surface area contributed by atoms with Crippen molar-refractivity contribution in [1.82, 2.24) is 0 Å². The summed E-state index contributed by atoms with van der Waals surface area (Å²) in [5.74, 6) is 0. The van der Waals surface area contributed by atoms with E-state index in [1.807, 2.05) is 12.1 Å². The molecule has 0 atom stereocenters. The zero-order valence-corrected chi connectivity index (χ0v) is 49.6. The van der Waals surface area contributed by atoms with E-state index in [0.717, 1.165) is 28.6 Å². The minimum absolute atomic E-state index is 0. The standard InChI is InChI=1S/C7H9BBrNO2.C7H8BNO4.C7H8BNO2.C7H10BNO2.C7H7NO2.C4H9.C3H9BO3.CH4.BHNS.B.BrH.Li.Na.H/c9-4-5-6(8(11)12)2-1-3-7(5)10;1-5-6(8(10)11)3-2-4-7(5)9(12)13;9-7-3-1-2-6-5(7)4-11-8(6)10;1-5-6(8(10)11)3-2-4-7(5)9;1-6-4-2-3-5-7(6)8(9)10;1-3-4-2;1-5-4(6-2)7-3;;1-2-3;;;;;/h1-3,11-12H,4,10H2;2-4,10-11H,1H3;1-3,10H,4,9H2;2-4,10-11H,9H2,1H3;2-5H,1H3;1,3-4H2,2H3;1-3H3;1H4;3H;;1H;;;/q;;;;;-1;;;;;;2*+1;-1/p-1. The number of para-hydroxylation sites is 1. The Morgan fingerprint density at radius 2 is 1.14 bits per heavy atom. The first-order valence-corrected chi connectivity index (χ1v) is 22.4. The summed E-state index contributed by atoms with van der Waals surface area (Å²) in [6, 6.07) is 26.4. The number of nitro groups is 2. The molecule has 6 rings (SSSR count). The average Bonchev–Trinajstić information content (AvgIpc) is 3.72. The van der Waals surface area contributed by atoms with Crippen LogP contribution in [0.3, 0.4) is 0 Å². The van der Waals surface area contributed by atoms with Crippen molar-refractivity contribution in [1.29, 1.82) is 0 Å². The SMILES string of the molecule is C.COB(OC)OC.Cc1c(B(O)O)cccc1[N+](=O)[O-].Cc1c(N)cccc1B(O)O.Cc1ccccc1[N+](=O)[O-].Nc1cccc(B(O)O)c1CBr.Nc1cccc2c1COB2O.[B].[B]=NS.[Br-].[CH2-]CCC.[H-].[Li+].[Na+]. The van der Waals surface area contributed by atoms with Gasteiger partial charge in [-0.05, 0) is 77.5 Å². The van der Waals surface area contributed by atoms with Crippen molar-refractivity contribution in [2.75, 3.05) is 38.5 Å². The minimum Gasteiger partial charge on any atom is -1.00 e. The fourth-order valence-electron chi connectivity index (χ4n) is 5.42. The Balaban J connectivity index is -0.000000120. The van der Waals surface area contributed by atoms with E-state index in [2.05, 4.69) is 68.5 Å². The molecule has 33 heteroatoms. The Kier molecular flexibility index (Phi) is 57.5. The molecule has 5 aromatic carbocycles. The predicted octanol–water partition coefficient (Wildman–Crippen LogP) is -6.83. The Labute approximate surface area is 512 Å². The van der Waals surface area contributed by atoms with Crippen molar-refractivity contribution in [3.05, 3.63) is 152 Å². The van der Waals surface area contributed by atoms with Gasteiger partial charge in [-0.1, -0.05) is 103 Å². The van der Waals surface area contributed by atoms with Gasteiger partial charge < -0.3 is 96.3 Å². The number of anilines is 3. The second-order valence-electron chi connectivity index (χ2n) is 14.1. The Bertz CT molecular complexity index is 2350. The molecule has 13 N–H and O–H groups in total. The number of thiol groups is 1. The normalized spacial score (nSPS) is 9.45. The molecule has 4 radical (unpaired) electrons. The van der Waals surface area contributed by atoms with Crippen LogP contribution in [0.25, 0.3) is 0 Å². The van der Waals surface area contributed by atoms with Crippen LogP contribution in [0.5, 0.6) is 0 Å². The zero-order valence-electron chi connectivity index (χ0n) is 44.5. The number of nitrogen functional groups attached to an aromatic ring is 3. The van der Waals surface area contributed by atoms with Gasteiger partial charge in [-0.3, -0.25) is 20.2 Å². The number of nitrogens with two attached hydrogens (primary N) is 3. The van der Waals surface area contributed by atoms with Crippen LogP contribution >= 0.6 is 28.7 Å². The summed E-state index contributed by atoms with van der Waals surface area (Å²) in [5.41, 5.74) is 23.9. The van der Waals surface area contributed by atoms with Crippen molar-refractivity contribution in [3.8, 4) is 0 Å². The Hall–Kier alpha value is -2.98. The summed E-state index contributed by atoms with van der Waals surface area (Å²) in [4.78, 5) is 19.7. The predicted molar refractivity (Wildman–Crippen MR) is 305 cm³/mol. The maximum Gasteiger partial charge on any atom is 1.00 e. The monoisotopic (exact) mass is 1200 g/mol. The number of hydrogen-bond donors (Lipinski definition) is 11. The first-order valence-electron chi connectivity index (χ1n) is 20.9. The van der Waals surface area contributed by atoms with Crippen molar-refractivity contribution in [3.63, 3.8) is 0 Å². The third-order valence-electron chi connectivity index (χ3n) is 9.32. The zero-order chi connectivity index (χ0) is 54.8. The number of fused-ring (bicyclic) bond motifs is 1. The third kappa shape index (κ3) is 33.5. The van der Waals surface area contributed by atoms with Gasteiger partial charge in [0.25, 0.3) is 11.4 Å². The van der Waals surface area contributed by atoms with Gasteiger partial charge in [0.2, 0.25) is 0 Å². The molecule has 76 heavy (non-hydrogen) atoms. The van der Waals surface area contributed by atoms with Crippen LogP contribution < -0.4 is 104 Å². The number of rotatable bonds is 10. The van der Waals surface area contributed by atoms with E-state index in [9.17, 15) is 25.3 Å². The molecule has 402 valence electrons. The van der Waals surface area contributed by atoms with E-state index in [1.54, 1.807) is 74.5 Å². The first kappa shape index (κ1) is 86.9. The summed E-state index contributed by atoms with van der Waals surface area (Å²) in [5, 5.41) is 83.6. The molecule has 0 fully saturated rings. The molecule has 5 aromatic rings. The molecule has 1 aliphatic heterocycles. The van der Waals surface area contributed by atoms with Gasteiger partial charge >= 0.3 is 109 Å². The van der Waals surface area contributed by atoms with Crippen molar-refractivity contribution < 1.29 is 130 Å². The fraction of sp³-hybridized carbons (Fsp3) is 0.279. The molecule has 0 bridgehead atoms. The van der Waals surface area contributed by atoms with Crippen LogP contribution in [-0.2, 0) is 30.6 Å². The molecular formula is C43H66B7Br2LiN6NaO15S-. The number of nitro benzene ring substituents is 2. The van der Waals surface area contributed by atoms with E-state index in [4.69, 9.17) is 52.0 Å². The Morgan fingerprint density at radius 3 is 1.49 bits per heavy atom. The second kappa shape index (κ2) is 50.3. The number of alkyl halides is 1. The summed E-state index contributed by atoms with van der Waals surface area (Å²) in [7, 11) is 3.02. The first-order chi connectivity index (χ1) is 33.5. The van der Waals surface area contributed by atoms with Gasteiger partial charge in [-0.25, -0.2) is 0 Å². The van der Waals surface area contributed by atoms with Crippen LogP contribution in [0, 0.1) is 47.9 Å². The molecule has 0 spiro atoms. The number of hydrogen-bond acceptors (Lipinski definition) is 20. The minimum atomic E-state index is -1.67. The van der Waals surface area contributed by atoms with Crippen molar-refractivity contribution in [2.24, 2.45) is 4.30 Å². The van der Waals surface area contributed by atoms with Gasteiger partial charge in [0.05, 0.1) is 16.5 Å². The van der Waals surface area contributed by atoms with Crippen LogP contribution in [-0.4, -0.2) is 118 Å². The van der Waals surface area contributed by atoms with Crippen molar-refractivity contribution in [2.45, 2.75) is 59.9 Å². The second-order valence-corrected chi connectivity index (χ2v) is 14.9. The Morgan fingerprint density at radius 1 is 0.763 bits per heavy atom. The van der Waals surface area contributed by atoms with E-state index in [1.165, 1.54) is 58.9 Å². The van der Waals surface area contributed by atoms with Gasteiger partial charge in [-0.15, -0.1) is 0 Å². The maximum atomic E-state index is 10.4. The average molecular weight is 1200 g/mol. The van der Waals surface area contributed by atoms with Gasteiger partial charge in [0, 0.05) is 75.4 Å². The van der Waals surface area contributed by atoms with E-state index < -0.39 is 40.7 Å². The number of halogens is 2. The molecule has 0 saturated heterocycles. The number of nitrogens with zero attached hydrogens (tertiary/aromatic N) is 3. The van der Waals surface area contributed by atoms with E-state index in [-0.39, 0.29) is 110 Å². The van der Waals surface area contributed by atoms with Crippen LogP contribution in [0.2, 0.25) is 0 Å². The van der Waals surface area contributed by atoms with Gasteiger partial charge in [-0.2, -0.15) is 6.42 Å². The molecule has 21 nitrogen and oxygen atoms in total. The maximum absolute atomic E-state index is 10.4. The number of aryl methyl sites for hydroxylation is 1. The number of unbranched alkanes of at least 4 members (excludes halogenated alkanes) is 1. The molecule has 1 aliphatic rings. The summed E-state index contributed by atoms with van der Waals surface area (Å²) in [6.45, 7) is 11.1. The molecule has 0 amide bonds. The number of benzene rings is 5. The van der Waals surface area contributed by atoms with Crippen molar-refractivity contribution >= 4 is 131 Å². The molecule has 0 saturated carbocycles. The van der Waals surface area contributed by atoms with Crippen LogP contribution in [0.4, 0.5) is 28.4 Å². The van der Waals surface area contributed by atoms with E-state index >= 15 is 0 Å². The quantitative estimate of drug-likeness (QED) is 0.0118. The van der Waals surface area contributed by atoms with Crippen LogP contribution in [0.15, 0.2) is 101 Å². The molecule has 0 aliphatic carbocycles. The molecular weight excluding hydrogens is 1140 g/mol. The van der Waals surface area contributed by atoms with Gasteiger partial charge in [0.15, 0.2) is 0 Å². The van der Waals surface area contributed by atoms with E-state index in [0.29, 0.717) is 45.5 Å².